The molecule has 4 heteroatoms. The van der Waals surface area contributed by atoms with Crippen LogP contribution in [0.2, 0.25) is 0 Å². The summed E-state index contributed by atoms with van der Waals surface area (Å²) in [5.74, 6) is 0.802. The number of benzene rings is 1. The lowest BCUT2D eigenvalue weighted by molar-refractivity contribution is -0.116. The van der Waals surface area contributed by atoms with Crippen molar-refractivity contribution in [2.45, 2.75) is 25.9 Å². The Morgan fingerprint density at radius 1 is 1.58 bits per heavy atom. The van der Waals surface area contributed by atoms with Crippen LogP contribution in [0.15, 0.2) is 24.3 Å². The zero-order chi connectivity index (χ0) is 13.7. The van der Waals surface area contributed by atoms with Crippen molar-refractivity contribution in [1.82, 2.24) is 5.32 Å². The number of rotatable bonds is 5. The van der Waals surface area contributed by atoms with Crippen LogP contribution in [0, 0.1) is 0 Å². The normalized spacial score (nSPS) is 15.1. The maximum Gasteiger partial charge on any atom is 0.244 e. The smallest absolute Gasteiger partial charge is 0.244 e. The Labute approximate surface area is 113 Å². The van der Waals surface area contributed by atoms with Gasteiger partial charge < -0.3 is 15.2 Å². The molecule has 0 bridgehead atoms. The number of ether oxygens (including phenoxy) is 1. The molecule has 4 nitrogen and oxygen atoms in total. The largest absolute Gasteiger partial charge is 0.493 e. The van der Waals surface area contributed by atoms with Crippen LogP contribution in [0.3, 0.4) is 0 Å². The minimum absolute atomic E-state index is 0.141. The molecule has 2 rings (SSSR count). The van der Waals surface area contributed by atoms with E-state index in [-0.39, 0.29) is 12.0 Å². The van der Waals surface area contributed by atoms with Gasteiger partial charge in [-0.1, -0.05) is 6.07 Å². The maximum atomic E-state index is 11.5. The SMILES string of the molecule is CC(O)CCNC(=O)C=Cc1ccc2c(c1)CCO2. The van der Waals surface area contributed by atoms with Gasteiger partial charge in [-0.2, -0.15) is 0 Å². The lowest BCUT2D eigenvalue weighted by Crippen LogP contribution is -2.24. The van der Waals surface area contributed by atoms with E-state index in [0.29, 0.717) is 13.0 Å². The van der Waals surface area contributed by atoms with Gasteiger partial charge in [0.1, 0.15) is 5.75 Å². The lowest BCUT2D eigenvalue weighted by atomic mass is 10.1. The monoisotopic (exact) mass is 261 g/mol. The van der Waals surface area contributed by atoms with E-state index >= 15 is 0 Å². The number of hydrogen-bond donors (Lipinski definition) is 2. The fraction of sp³-hybridized carbons (Fsp3) is 0.400. The molecule has 0 aliphatic carbocycles. The number of aliphatic hydroxyl groups excluding tert-OH is 1. The predicted octanol–water partition coefficient (Wildman–Crippen LogP) is 1.52. The Morgan fingerprint density at radius 2 is 2.42 bits per heavy atom. The molecule has 1 aromatic carbocycles. The topological polar surface area (TPSA) is 58.6 Å². The summed E-state index contributed by atoms with van der Waals surface area (Å²) in [4.78, 5) is 11.5. The van der Waals surface area contributed by atoms with Gasteiger partial charge in [0.15, 0.2) is 0 Å². The molecule has 102 valence electrons. The Kier molecular flexibility index (Phi) is 4.58. The zero-order valence-corrected chi connectivity index (χ0v) is 11.1. The molecule has 1 heterocycles. The summed E-state index contributed by atoms with van der Waals surface area (Å²) in [5.41, 5.74) is 2.19. The van der Waals surface area contributed by atoms with E-state index in [4.69, 9.17) is 9.84 Å². The number of hydrogen-bond acceptors (Lipinski definition) is 3. The highest BCUT2D eigenvalue weighted by Gasteiger charge is 2.11. The first-order chi connectivity index (χ1) is 9.15. The third kappa shape index (κ3) is 4.10. The van der Waals surface area contributed by atoms with Gasteiger partial charge in [-0.15, -0.1) is 0 Å². The number of carbonyl (C=O) groups is 1. The van der Waals surface area contributed by atoms with Gasteiger partial charge >= 0.3 is 0 Å². The summed E-state index contributed by atoms with van der Waals surface area (Å²) >= 11 is 0. The predicted molar refractivity (Wildman–Crippen MR) is 74.0 cm³/mol. The van der Waals surface area contributed by atoms with Gasteiger partial charge in [0, 0.05) is 19.0 Å². The summed E-state index contributed by atoms with van der Waals surface area (Å²) in [6.07, 6.45) is 4.41. The van der Waals surface area contributed by atoms with Crippen LogP contribution in [-0.4, -0.2) is 30.3 Å². The first kappa shape index (κ1) is 13.6. The molecule has 0 fully saturated rings. The Bertz CT molecular complexity index is 480. The minimum Gasteiger partial charge on any atom is -0.493 e. The van der Waals surface area contributed by atoms with Crippen molar-refractivity contribution in [3.8, 4) is 5.75 Å². The maximum absolute atomic E-state index is 11.5. The Hall–Kier alpha value is -1.81. The summed E-state index contributed by atoms with van der Waals surface area (Å²) in [5, 5.41) is 11.8. The molecular weight excluding hydrogens is 242 g/mol. The van der Waals surface area contributed by atoms with Gasteiger partial charge in [-0.25, -0.2) is 0 Å². The van der Waals surface area contributed by atoms with E-state index in [9.17, 15) is 4.79 Å². The van der Waals surface area contributed by atoms with E-state index < -0.39 is 0 Å². The van der Waals surface area contributed by atoms with Crippen molar-refractivity contribution in [3.05, 3.63) is 35.4 Å². The minimum atomic E-state index is -0.388. The van der Waals surface area contributed by atoms with Crippen molar-refractivity contribution in [2.24, 2.45) is 0 Å². The summed E-state index contributed by atoms with van der Waals surface area (Å²) in [7, 11) is 0. The van der Waals surface area contributed by atoms with Crippen LogP contribution >= 0.6 is 0 Å². The highest BCUT2D eigenvalue weighted by Crippen LogP contribution is 2.26. The summed E-state index contributed by atoms with van der Waals surface area (Å²) in [6, 6.07) is 5.92. The summed E-state index contributed by atoms with van der Waals surface area (Å²) in [6.45, 7) is 2.93. The van der Waals surface area contributed by atoms with E-state index in [1.165, 1.54) is 11.6 Å². The number of amides is 1. The molecular formula is C15H19NO3. The van der Waals surface area contributed by atoms with Crippen molar-refractivity contribution in [3.63, 3.8) is 0 Å². The molecule has 19 heavy (non-hydrogen) atoms. The number of nitrogens with one attached hydrogen (secondary N) is 1. The molecule has 0 saturated carbocycles. The van der Waals surface area contributed by atoms with Crippen molar-refractivity contribution in [2.75, 3.05) is 13.2 Å². The fourth-order valence-electron chi connectivity index (χ4n) is 1.95. The van der Waals surface area contributed by atoms with Crippen LogP contribution in [0.4, 0.5) is 0 Å². The van der Waals surface area contributed by atoms with E-state index in [2.05, 4.69) is 5.32 Å². The van der Waals surface area contributed by atoms with E-state index in [1.807, 2.05) is 18.2 Å². The zero-order valence-electron chi connectivity index (χ0n) is 11.1. The second-order valence-corrected chi connectivity index (χ2v) is 4.73. The van der Waals surface area contributed by atoms with Crippen LogP contribution in [0.1, 0.15) is 24.5 Å². The number of carbonyl (C=O) groups excluding carboxylic acids is 1. The Balaban J connectivity index is 1.86. The second-order valence-electron chi connectivity index (χ2n) is 4.73. The van der Waals surface area contributed by atoms with Crippen molar-refractivity contribution in [1.29, 1.82) is 0 Å². The molecule has 0 aromatic heterocycles. The molecule has 1 aliphatic rings. The molecule has 0 radical (unpaired) electrons. The number of fused-ring (bicyclic) bond motifs is 1. The van der Waals surface area contributed by atoms with Crippen LogP contribution in [0.25, 0.3) is 6.08 Å². The number of aliphatic hydroxyl groups is 1. The average Bonchev–Trinajstić information content (AvgIpc) is 2.83. The summed E-state index contributed by atoms with van der Waals surface area (Å²) < 4.78 is 5.43. The first-order valence-corrected chi connectivity index (χ1v) is 6.55. The van der Waals surface area contributed by atoms with Gasteiger partial charge in [-0.05, 0) is 42.7 Å². The Morgan fingerprint density at radius 3 is 3.21 bits per heavy atom. The molecule has 0 spiro atoms. The van der Waals surface area contributed by atoms with Crippen LogP contribution in [-0.2, 0) is 11.2 Å². The quantitative estimate of drug-likeness (QED) is 0.790. The van der Waals surface area contributed by atoms with Gasteiger partial charge in [-0.3, -0.25) is 4.79 Å². The van der Waals surface area contributed by atoms with Crippen molar-refractivity contribution < 1.29 is 14.6 Å². The molecule has 1 amide bonds. The highest BCUT2D eigenvalue weighted by atomic mass is 16.5. The standard InChI is InChI=1S/C15H19NO3/c1-11(17)6-8-16-15(18)5-3-12-2-4-14-13(10-12)7-9-19-14/h2-5,10-11,17H,6-9H2,1H3,(H,16,18). The fourth-order valence-corrected chi connectivity index (χ4v) is 1.95. The average molecular weight is 261 g/mol. The molecule has 1 aliphatic heterocycles. The van der Waals surface area contributed by atoms with Gasteiger partial charge in [0.25, 0.3) is 0 Å². The van der Waals surface area contributed by atoms with E-state index in [0.717, 1.165) is 24.3 Å². The third-order valence-electron chi connectivity index (χ3n) is 3.00. The van der Waals surface area contributed by atoms with Crippen molar-refractivity contribution >= 4 is 12.0 Å². The van der Waals surface area contributed by atoms with Crippen LogP contribution in [0.5, 0.6) is 5.75 Å². The lowest BCUT2D eigenvalue weighted by Gasteiger charge is -2.04. The molecule has 1 aromatic rings. The van der Waals surface area contributed by atoms with Gasteiger partial charge in [0.2, 0.25) is 5.91 Å². The second kappa shape index (κ2) is 6.38. The third-order valence-corrected chi connectivity index (χ3v) is 3.00. The molecule has 2 N–H and O–H groups in total. The molecule has 1 unspecified atom stereocenters. The molecule has 1 atom stereocenters. The van der Waals surface area contributed by atoms with Gasteiger partial charge in [0.05, 0.1) is 12.7 Å². The van der Waals surface area contributed by atoms with Crippen LogP contribution < -0.4 is 10.1 Å². The molecule has 0 saturated heterocycles. The first-order valence-electron chi connectivity index (χ1n) is 6.55. The van der Waals surface area contributed by atoms with E-state index in [1.54, 1.807) is 13.0 Å². The highest BCUT2D eigenvalue weighted by molar-refractivity contribution is 5.91.